The molecule has 2 heterocycles. The minimum absolute atomic E-state index is 0.0977. The van der Waals surface area contributed by atoms with E-state index in [0.717, 1.165) is 0 Å². The standard InChI is InChI=1S/C10H8O5/c11-5-8-6(1-3-14-8)7-2-4-15-9(7)10(12)13/h1,3,5H,2,4H2,(H,12,13). The van der Waals surface area contributed by atoms with Crippen LogP contribution in [0, 0.1) is 0 Å². The van der Waals surface area contributed by atoms with Crippen molar-refractivity contribution in [2.45, 2.75) is 6.42 Å². The zero-order valence-electron chi connectivity index (χ0n) is 7.73. The fourth-order valence-electron chi connectivity index (χ4n) is 1.57. The van der Waals surface area contributed by atoms with E-state index in [0.29, 0.717) is 30.5 Å². The van der Waals surface area contributed by atoms with Crippen molar-refractivity contribution >= 4 is 17.8 Å². The highest BCUT2D eigenvalue weighted by Gasteiger charge is 2.26. The molecule has 1 aliphatic rings. The molecule has 0 fully saturated rings. The number of carbonyl (C=O) groups is 2. The van der Waals surface area contributed by atoms with Crippen LogP contribution in [0.5, 0.6) is 0 Å². The smallest absolute Gasteiger partial charge is 0.371 e. The molecule has 0 amide bonds. The summed E-state index contributed by atoms with van der Waals surface area (Å²) in [5, 5.41) is 8.84. The van der Waals surface area contributed by atoms with Crippen LogP contribution in [-0.2, 0) is 9.53 Å². The van der Waals surface area contributed by atoms with Crippen molar-refractivity contribution in [3.05, 3.63) is 29.4 Å². The lowest BCUT2D eigenvalue weighted by molar-refractivity contribution is -0.136. The number of aldehydes is 1. The number of ether oxygens (including phenoxy) is 1. The fraction of sp³-hybridized carbons (Fsp3) is 0.200. The Hall–Kier alpha value is -2.04. The lowest BCUT2D eigenvalue weighted by Crippen LogP contribution is -2.02. The summed E-state index contributed by atoms with van der Waals surface area (Å²) in [5.41, 5.74) is 1.01. The second-order valence-electron chi connectivity index (χ2n) is 3.03. The number of carboxylic acids is 1. The van der Waals surface area contributed by atoms with Gasteiger partial charge in [-0.05, 0) is 6.07 Å². The third-order valence-electron chi connectivity index (χ3n) is 2.19. The van der Waals surface area contributed by atoms with E-state index in [1.54, 1.807) is 6.07 Å². The fourth-order valence-corrected chi connectivity index (χ4v) is 1.57. The van der Waals surface area contributed by atoms with Gasteiger partial charge in [0.15, 0.2) is 12.0 Å². The average molecular weight is 208 g/mol. The summed E-state index contributed by atoms with van der Waals surface area (Å²) < 4.78 is 9.88. The summed E-state index contributed by atoms with van der Waals surface area (Å²) in [7, 11) is 0. The second-order valence-corrected chi connectivity index (χ2v) is 3.03. The van der Waals surface area contributed by atoms with Gasteiger partial charge < -0.3 is 14.3 Å². The quantitative estimate of drug-likeness (QED) is 0.757. The number of hydrogen-bond donors (Lipinski definition) is 1. The third kappa shape index (κ3) is 1.52. The number of hydrogen-bond acceptors (Lipinski definition) is 4. The van der Waals surface area contributed by atoms with Gasteiger partial charge >= 0.3 is 5.97 Å². The predicted molar refractivity (Wildman–Crippen MR) is 49.2 cm³/mol. The summed E-state index contributed by atoms with van der Waals surface area (Å²) in [6.45, 7) is 0.320. The highest BCUT2D eigenvalue weighted by atomic mass is 16.5. The van der Waals surface area contributed by atoms with Crippen LogP contribution in [0.2, 0.25) is 0 Å². The summed E-state index contributed by atoms with van der Waals surface area (Å²) in [4.78, 5) is 21.4. The van der Waals surface area contributed by atoms with Crippen molar-refractivity contribution < 1.29 is 23.8 Å². The lowest BCUT2D eigenvalue weighted by atomic mass is 10.0. The maximum atomic E-state index is 10.8. The van der Waals surface area contributed by atoms with Crippen molar-refractivity contribution in [2.24, 2.45) is 0 Å². The molecule has 0 aliphatic carbocycles. The van der Waals surface area contributed by atoms with E-state index in [1.165, 1.54) is 6.26 Å². The molecule has 2 rings (SSSR count). The summed E-state index contributed by atoms with van der Waals surface area (Å²) in [5.74, 6) is -1.09. The molecule has 1 N–H and O–H groups in total. The molecule has 0 spiro atoms. The molecule has 15 heavy (non-hydrogen) atoms. The molecule has 0 atom stereocenters. The molecule has 0 aromatic carbocycles. The Morgan fingerprint density at radius 3 is 3.00 bits per heavy atom. The number of carboxylic acid groups (broad SMARTS) is 1. The van der Waals surface area contributed by atoms with Crippen molar-refractivity contribution in [3.8, 4) is 0 Å². The molecular formula is C10H8O5. The van der Waals surface area contributed by atoms with Gasteiger partial charge in [-0.1, -0.05) is 0 Å². The van der Waals surface area contributed by atoms with Crippen molar-refractivity contribution in [1.29, 1.82) is 0 Å². The molecule has 1 aliphatic heterocycles. The number of rotatable bonds is 3. The molecule has 0 bridgehead atoms. The number of aliphatic carboxylic acids is 1. The third-order valence-corrected chi connectivity index (χ3v) is 2.19. The van der Waals surface area contributed by atoms with Gasteiger partial charge in [-0.3, -0.25) is 4.79 Å². The van der Waals surface area contributed by atoms with Crippen LogP contribution >= 0.6 is 0 Å². The first-order valence-electron chi connectivity index (χ1n) is 4.36. The summed E-state index contributed by atoms with van der Waals surface area (Å²) in [6.07, 6.45) is 2.38. The predicted octanol–water partition coefficient (Wildman–Crippen LogP) is 1.31. The Morgan fingerprint density at radius 1 is 1.53 bits per heavy atom. The molecule has 1 aromatic rings. The first kappa shape index (κ1) is 9.51. The maximum absolute atomic E-state index is 10.8. The van der Waals surface area contributed by atoms with Crippen LogP contribution < -0.4 is 0 Å². The first-order valence-corrected chi connectivity index (χ1v) is 4.36. The van der Waals surface area contributed by atoms with Gasteiger partial charge in [-0.15, -0.1) is 0 Å². The van der Waals surface area contributed by atoms with Gasteiger partial charge in [0.1, 0.15) is 0 Å². The number of furan rings is 1. The highest BCUT2D eigenvalue weighted by molar-refractivity contribution is 5.97. The van der Waals surface area contributed by atoms with Crippen LogP contribution in [0.15, 0.2) is 22.5 Å². The molecule has 78 valence electrons. The Balaban J connectivity index is 2.50. The minimum Gasteiger partial charge on any atom is -0.486 e. The monoisotopic (exact) mass is 208 g/mol. The van der Waals surface area contributed by atoms with E-state index in [4.69, 9.17) is 14.3 Å². The van der Waals surface area contributed by atoms with E-state index in [9.17, 15) is 9.59 Å². The molecule has 0 saturated heterocycles. The number of carbonyl (C=O) groups excluding carboxylic acids is 1. The minimum atomic E-state index is -1.12. The largest absolute Gasteiger partial charge is 0.486 e. The Labute approximate surface area is 85.0 Å². The molecular weight excluding hydrogens is 200 g/mol. The molecule has 1 aromatic heterocycles. The van der Waals surface area contributed by atoms with Crippen LogP contribution in [0.4, 0.5) is 0 Å². The van der Waals surface area contributed by atoms with Crippen molar-refractivity contribution in [1.82, 2.24) is 0 Å². The first-order chi connectivity index (χ1) is 7.24. The zero-order valence-corrected chi connectivity index (χ0v) is 7.73. The van der Waals surface area contributed by atoms with Gasteiger partial charge in [-0.2, -0.15) is 0 Å². The summed E-state index contributed by atoms with van der Waals surface area (Å²) >= 11 is 0. The van der Waals surface area contributed by atoms with Crippen LogP contribution in [0.3, 0.4) is 0 Å². The Bertz CT molecular complexity index is 440. The van der Waals surface area contributed by atoms with E-state index in [2.05, 4.69) is 0 Å². The van der Waals surface area contributed by atoms with E-state index in [1.807, 2.05) is 0 Å². The maximum Gasteiger partial charge on any atom is 0.371 e. The normalized spacial score (nSPS) is 15.2. The van der Waals surface area contributed by atoms with Crippen LogP contribution in [0.1, 0.15) is 22.5 Å². The van der Waals surface area contributed by atoms with Gasteiger partial charge in [0.05, 0.1) is 12.9 Å². The highest BCUT2D eigenvalue weighted by Crippen LogP contribution is 2.31. The molecule has 0 unspecified atom stereocenters. The van der Waals surface area contributed by atoms with Gasteiger partial charge in [0, 0.05) is 17.6 Å². The van der Waals surface area contributed by atoms with Crippen LogP contribution in [-0.4, -0.2) is 24.0 Å². The Kier molecular flexibility index (Phi) is 2.29. The average Bonchev–Trinajstić information content (AvgIpc) is 2.85. The van der Waals surface area contributed by atoms with Crippen LogP contribution in [0.25, 0.3) is 5.57 Å². The SMILES string of the molecule is O=Cc1occc1C1=C(C(=O)O)OCC1. The molecule has 5 nitrogen and oxygen atoms in total. The Morgan fingerprint density at radius 2 is 2.33 bits per heavy atom. The van der Waals surface area contributed by atoms with Crippen molar-refractivity contribution in [2.75, 3.05) is 6.61 Å². The second kappa shape index (κ2) is 3.61. The van der Waals surface area contributed by atoms with E-state index >= 15 is 0 Å². The van der Waals surface area contributed by atoms with Crippen molar-refractivity contribution in [3.63, 3.8) is 0 Å². The molecule has 5 heteroatoms. The summed E-state index contributed by atoms with van der Waals surface area (Å²) in [6, 6.07) is 1.57. The van der Waals surface area contributed by atoms with Gasteiger partial charge in [0.2, 0.25) is 5.76 Å². The molecule has 0 radical (unpaired) electrons. The lowest BCUT2D eigenvalue weighted by Gasteiger charge is -1.99. The van der Waals surface area contributed by atoms with E-state index in [-0.39, 0.29) is 11.5 Å². The molecule has 0 saturated carbocycles. The van der Waals surface area contributed by atoms with Gasteiger partial charge in [0.25, 0.3) is 0 Å². The van der Waals surface area contributed by atoms with Gasteiger partial charge in [-0.25, -0.2) is 4.79 Å². The van der Waals surface area contributed by atoms with E-state index < -0.39 is 5.97 Å². The zero-order chi connectivity index (χ0) is 10.8. The topological polar surface area (TPSA) is 76.7 Å².